The lowest BCUT2D eigenvalue weighted by Gasteiger charge is -2.41. The average Bonchev–Trinajstić information content (AvgIpc) is 2.83. The van der Waals surface area contributed by atoms with Crippen LogP contribution in [0.15, 0.2) is 18.2 Å². The summed E-state index contributed by atoms with van der Waals surface area (Å²) in [6, 6.07) is 3.36. The highest BCUT2D eigenvalue weighted by molar-refractivity contribution is 5.62. The van der Waals surface area contributed by atoms with Gasteiger partial charge in [-0.3, -0.25) is 0 Å². The van der Waals surface area contributed by atoms with E-state index < -0.39 is 61.9 Å². The van der Waals surface area contributed by atoms with E-state index in [4.69, 9.17) is 28.4 Å². The van der Waals surface area contributed by atoms with Gasteiger partial charge in [-0.1, -0.05) is 12.2 Å². The van der Waals surface area contributed by atoms with Gasteiger partial charge in [-0.25, -0.2) is 0 Å². The first kappa shape index (κ1) is 26.6. The number of rotatable bonds is 8. The lowest BCUT2D eigenvalue weighted by molar-refractivity contribution is -0.307. The van der Waals surface area contributed by atoms with Crippen LogP contribution in [0.5, 0.6) is 17.2 Å². The van der Waals surface area contributed by atoms with Crippen LogP contribution in [0.1, 0.15) is 12.5 Å². The molecule has 2 aliphatic rings. The second-order valence-electron chi connectivity index (χ2n) is 7.97. The van der Waals surface area contributed by atoms with E-state index in [1.807, 2.05) is 19.1 Å². The standard InChI is InChI=1S/C22H32O12/c1-4-5-10-6-12(29-2)20(13(7-10)30-3)34-22-19(28)17(26)16(25)14(33-22)9-32-21-18(27)15(24)11(23)8-31-21/h4-7,11,14-19,21-28H,8-9H2,1-3H3/t11-,14-,15+,16-,17+,18-,19-,21+,22+/m1/s1. The molecule has 0 aliphatic carbocycles. The highest BCUT2D eigenvalue weighted by Gasteiger charge is 2.47. The Labute approximate surface area is 196 Å². The van der Waals surface area contributed by atoms with Crippen molar-refractivity contribution in [3.8, 4) is 17.2 Å². The van der Waals surface area contributed by atoms with Crippen molar-refractivity contribution in [2.75, 3.05) is 27.4 Å². The Balaban J connectivity index is 1.75. The fourth-order valence-corrected chi connectivity index (χ4v) is 3.69. The van der Waals surface area contributed by atoms with Crippen LogP contribution < -0.4 is 14.2 Å². The number of ether oxygens (including phenoxy) is 6. The van der Waals surface area contributed by atoms with Crippen LogP contribution in [0.3, 0.4) is 0 Å². The molecule has 0 radical (unpaired) electrons. The Hall–Kier alpha value is -2.00. The molecule has 1 aromatic rings. The topological polar surface area (TPSA) is 177 Å². The number of aliphatic hydroxyl groups excluding tert-OH is 6. The maximum Gasteiger partial charge on any atom is 0.229 e. The van der Waals surface area contributed by atoms with Crippen molar-refractivity contribution < 1.29 is 59.1 Å². The zero-order chi connectivity index (χ0) is 25.0. The summed E-state index contributed by atoms with van der Waals surface area (Å²) in [7, 11) is 2.85. The molecule has 6 N–H and O–H groups in total. The summed E-state index contributed by atoms with van der Waals surface area (Å²) in [5, 5.41) is 60.5. The van der Waals surface area contributed by atoms with Gasteiger partial charge in [-0.15, -0.1) is 0 Å². The predicted octanol–water partition coefficient (Wildman–Crippen LogP) is -1.62. The van der Waals surface area contributed by atoms with Gasteiger partial charge in [0.15, 0.2) is 17.8 Å². The molecule has 0 unspecified atom stereocenters. The largest absolute Gasteiger partial charge is 0.493 e. The van der Waals surface area contributed by atoms with Gasteiger partial charge in [-0.05, 0) is 24.6 Å². The Kier molecular flexibility index (Phi) is 9.09. The van der Waals surface area contributed by atoms with Crippen molar-refractivity contribution in [3.63, 3.8) is 0 Å². The lowest BCUT2D eigenvalue weighted by atomic mass is 9.99. The third-order valence-corrected chi connectivity index (χ3v) is 5.62. The van der Waals surface area contributed by atoms with Gasteiger partial charge in [0.1, 0.15) is 42.7 Å². The first-order valence-electron chi connectivity index (χ1n) is 10.7. The van der Waals surface area contributed by atoms with Gasteiger partial charge in [0, 0.05) is 0 Å². The zero-order valence-corrected chi connectivity index (χ0v) is 19.1. The molecule has 12 nitrogen and oxygen atoms in total. The number of benzene rings is 1. The molecule has 3 rings (SSSR count). The van der Waals surface area contributed by atoms with Gasteiger partial charge in [0.05, 0.1) is 27.4 Å². The number of aliphatic hydroxyl groups is 6. The van der Waals surface area contributed by atoms with Gasteiger partial charge < -0.3 is 59.1 Å². The third-order valence-electron chi connectivity index (χ3n) is 5.62. The summed E-state index contributed by atoms with van der Waals surface area (Å²) in [6.45, 7) is 1.18. The minimum atomic E-state index is -1.66. The second kappa shape index (κ2) is 11.6. The van der Waals surface area contributed by atoms with Crippen molar-refractivity contribution in [2.24, 2.45) is 0 Å². The van der Waals surface area contributed by atoms with Crippen LogP contribution >= 0.6 is 0 Å². The molecular weight excluding hydrogens is 456 g/mol. The lowest BCUT2D eigenvalue weighted by Crippen LogP contribution is -2.61. The molecule has 192 valence electrons. The van der Waals surface area contributed by atoms with Crippen LogP contribution in [0.25, 0.3) is 6.08 Å². The van der Waals surface area contributed by atoms with E-state index >= 15 is 0 Å². The highest BCUT2D eigenvalue weighted by atomic mass is 16.7. The van der Waals surface area contributed by atoms with Crippen LogP contribution in [0, 0.1) is 0 Å². The fraction of sp³-hybridized carbons (Fsp3) is 0.636. The van der Waals surface area contributed by atoms with Crippen LogP contribution in [-0.4, -0.2) is 113 Å². The van der Waals surface area contributed by atoms with E-state index in [0.29, 0.717) is 0 Å². The van der Waals surface area contributed by atoms with Crippen LogP contribution in [-0.2, 0) is 14.2 Å². The third kappa shape index (κ3) is 5.62. The summed E-state index contributed by atoms with van der Waals surface area (Å²) in [5.41, 5.74) is 0.772. The van der Waals surface area contributed by atoms with Crippen molar-refractivity contribution in [2.45, 2.75) is 62.2 Å². The molecule has 2 aliphatic heterocycles. The number of hydrogen-bond acceptors (Lipinski definition) is 12. The molecule has 0 saturated carbocycles. The molecule has 2 saturated heterocycles. The second-order valence-corrected chi connectivity index (χ2v) is 7.97. The fourth-order valence-electron chi connectivity index (χ4n) is 3.69. The van der Waals surface area contributed by atoms with Crippen molar-refractivity contribution in [3.05, 3.63) is 23.8 Å². The van der Waals surface area contributed by atoms with Crippen LogP contribution in [0.2, 0.25) is 0 Å². The molecule has 0 spiro atoms. The number of hydrogen-bond donors (Lipinski definition) is 6. The van der Waals surface area contributed by atoms with Gasteiger partial charge in [0.2, 0.25) is 12.0 Å². The maximum atomic E-state index is 10.5. The molecular formula is C22H32O12. The molecule has 0 aromatic heterocycles. The Morgan fingerprint density at radius 1 is 0.882 bits per heavy atom. The van der Waals surface area contributed by atoms with E-state index in [0.717, 1.165) is 5.56 Å². The predicted molar refractivity (Wildman–Crippen MR) is 115 cm³/mol. The van der Waals surface area contributed by atoms with E-state index in [1.54, 1.807) is 12.1 Å². The van der Waals surface area contributed by atoms with E-state index in [-0.39, 0.29) is 23.9 Å². The Bertz CT molecular complexity index is 807. The summed E-state index contributed by atoms with van der Waals surface area (Å²) >= 11 is 0. The zero-order valence-electron chi connectivity index (χ0n) is 19.1. The molecule has 1 aromatic carbocycles. The summed E-state index contributed by atoms with van der Waals surface area (Å²) in [4.78, 5) is 0. The first-order chi connectivity index (χ1) is 16.2. The number of allylic oxidation sites excluding steroid dienone is 1. The SMILES string of the molecule is CC=Cc1cc(OC)c(O[C@@H]2O[C@H](CO[C@@H]3OC[C@@H](O)[C@H](O)[C@H]3O)[C@@H](O)[C@H](O)[C@H]2O)c(OC)c1. The van der Waals surface area contributed by atoms with Gasteiger partial charge in [0.25, 0.3) is 0 Å². The summed E-state index contributed by atoms with van der Waals surface area (Å²) in [5.74, 6) is 0.666. The van der Waals surface area contributed by atoms with E-state index in [1.165, 1.54) is 14.2 Å². The summed E-state index contributed by atoms with van der Waals surface area (Å²) < 4.78 is 32.8. The minimum absolute atomic E-state index is 0.105. The molecule has 12 heteroatoms. The number of methoxy groups -OCH3 is 2. The first-order valence-corrected chi connectivity index (χ1v) is 10.7. The normalized spacial score (nSPS) is 36.4. The van der Waals surface area contributed by atoms with Gasteiger partial charge >= 0.3 is 0 Å². The smallest absolute Gasteiger partial charge is 0.229 e. The van der Waals surface area contributed by atoms with Gasteiger partial charge in [-0.2, -0.15) is 0 Å². The molecule has 0 amide bonds. The summed E-state index contributed by atoms with van der Waals surface area (Å²) in [6.07, 6.45) is -9.46. The molecule has 9 atom stereocenters. The monoisotopic (exact) mass is 488 g/mol. The molecule has 2 fully saturated rings. The Morgan fingerprint density at radius 2 is 1.50 bits per heavy atom. The van der Waals surface area contributed by atoms with Crippen LogP contribution in [0.4, 0.5) is 0 Å². The highest BCUT2D eigenvalue weighted by Crippen LogP contribution is 2.41. The van der Waals surface area contributed by atoms with Crippen molar-refractivity contribution in [1.29, 1.82) is 0 Å². The van der Waals surface area contributed by atoms with Crippen molar-refractivity contribution >= 4 is 6.08 Å². The Morgan fingerprint density at radius 3 is 2.09 bits per heavy atom. The van der Waals surface area contributed by atoms with E-state index in [2.05, 4.69) is 0 Å². The molecule has 34 heavy (non-hydrogen) atoms. The molecule has 2 heterocycles. The molecule has 0 bridgehead atoms. The maximum absolute atomic E-state index is 10.5. The average molecular weight is 488 g/mol. The minimum Gasteiger partial charge on any atom is -0.493 e. The van der Waals surface area contributed by atoms with E-state index in [9.17, 15) is 30.6 Å². The quantitative estimate of drug-likeness (QED) is 0.247. The van der Waals surface area contributed by atoms with Crippen molar-refractivity contribution in [1.82, 2.24) is 0 Å².